The molecule has 0 saturated carbocycles. The molecule has 0 aliphatic carbocycles. The van der Waals surface area contributed by atoms with Crippen LogP contribution in [-0.4, -0.2) is 21.1 Å². The van der Waals surface area contributed by atoms with E-state index in [-0.39, 0.29) is 0 Å². The van der Waals surface area contributed by atoms with Crippen molar-refractivity contribution in [3.05, 3.63) is 24.5 Å². The standard InChI is InChI=1S/C12H18N4/c1-12(2,3)6-8-13-10-5-9-16-11(15-10)4-7-14-16/h4-5,7,9H,6,8H2,1-3H3,(H,13,15). The Balaban J connectivity index is 1.99. The van der Waals surface area contributed by atoms with Gasteiger partial charge in [-0.1, -0.05) is 20.8 Å². The van der Waals surface area contributed by atoms with E-state index in [1.54, 1.807) is 10.7 Å². The first-order valence-electron chi connectivity index (χ1n) is 5.59. The lowest BCUT2D eigenvalue weighted by atomic mass is 9.92. The normalized spacial score (nSPS) is 11.9. The van der Waals surface area contributed by atoms with Crippen molar-refractivity contribution in [2.75, 3.05) is 11.9 Å². The van der Waals surface area contributed by atoms with Gasteiger partial charge in [0, 0.05) is 18.8 Å². The molecule has 0 unspecified atom stereocenters. The summed E-state index contributed by atoms with van der Waals surface area (Å²) in [5, 5.41) is 7.44. The lowest BCUT2D eigenvalue weighted by Gasteiger charge is -2.18. The number of nitrogens with zero attached hydrogens (tertiary/aromatic N) is 3. The van der Waals surface area contributed by atoms with Gasteiger partial charge in [0.05, 0.1) is 6.20 Å². The minimum atomic E-state index is 0.355. The zero-order chi connectivity index (χ0) is 11.6. The maximum Gasteiger partial charge on any atom is 0.157 e. The SMILES string of the molecule is CC(C)(C)CCNc1ccn2nccc2n1. The second-order valence-electron chi connectivity index (χ2n) is 5.18. The van der Waals surface area contributed by atoms with Crippen molar-refractivity contribution in [3.63, 3.8) is 0 Å². The molecular weight excluding hydrogens is 200 g/mol. The van der Waals surface area contributed by atoms with Crippen LogP contribution in [0.3, 0.4) is 0 Å². The molecule has 2 aromatic rings. The fraction of sp³-hybridized carbons (Fsp3) is 0.500. The summed E-state index contributed by atoms with van der Waals surface area (Å²) in [6.45, 7) is 7.66. The van der Waals surface area contributed by atoms with Crippen molar-refractivity contribution in [1.29, 1.82) is 0 Å². The van der Waals surface area contributed by atoms with Crippen LogP contribution in [0.15, 0.2) is 24.5 Å². The Morgan fingerprint density at radius 3 is 2.88 bits per heavy atom. The number of hydrogen-bond acceptors (Lipinski definition) is 3. The van der Waals surface area contributed by atoms with E-state index < -0.39 is 0 Å². The molecule has 0 amide bonds. The summed E-state index contributed by atoms with van der Waals surface area (Å²) in [6, 6.07) is 3.84. The van der Waals surface area contributed by atoms with E-state index in [4.69, 9.17) is 0 Å². The molecule has 0 fully saturated rings. The Bertz CT molecular complexity index is 467. The lowest BCUT2D eigenvalue weighted by Crippen LogP contribution is -2.13. The average molecular weight is 218 g/mol. The van der Waals surface area contributed by atoms with Crippen molar-refractivity contribution in [1.82, 2.24) is 14.6 Å². The van der Waals surface area contributed by atoms with Gasteiger partial charge in [-0.25, -0.2) is 9.50 Å². The van der Waals surface area contributed by atoms with Gasteiger partial charge in [-0.15, -0.1) is 0 Å². The quantitative estimate of drug-likeness (QED) is 0.861. The highest BCUT2D eigenvalue weighted by molar-refractivity contribution is 5.45. The van der Waals surface area contributed by atoms with Gasteiger partial charge in [-0.05, 0) is 17.9 Å². The van der Waals surface area contributed by atoms with Crippen molar-refractivity contribution in [2.45, 2.75) is 27.2 Å². The van der Waals surface area contributed by atoms with Crippen LogP contribution in [0.2, 0.25) is 0 Å². The Labute approximate surface area is 95.7 Å². The molecule has 0 saturated heterocycles. The molecule has 0 bridgehead atoms. The summed E-state index contributed by atoms with van der Waals surface area (Å²) >= 11 is 0. The Hall–Kier alpha value is -1.58. The number of fused-ring (bicyclic) bond motifs is 1. The number of nitrogens with one attached hydrogen (secondary N) is 1. The monoisotopic (exact) mass is 218 g/mol. The highest BCUT2D eigenvalue weighted by Crippen LogP contribution is 2.18. The van der Waals surface area contributed by atoms with Gasteiger partial charge in [0.1, 0.15) is 5.82 Å². The largest absolute Gasteiger partial charge is 0.370 e. The molecule has 0 spiro atoms. The van der Waals surface area contributed by atoms with Crippen LogP contribution in [0.5, 0.6) is 0 Å². The van der Waals surface area contributed by atoms with E-state index in [0.29, 0.717) is 5.41 Å². The maximum atomic E-state index is 4.44. The number of rotatable bonds is 3. The van der Waals surface area contributed by atoms with Crippen LogP contribution >= 0.6 is 0 Å². The Kier molecular flexibility index (Phi) is 2.81. The minimum absolute atomic E-state index is 0.355. The first-order chi connectivity index (χ1) is 7.54. The van der Waals surface area contributed by atoms with E-state index in [1.807, 2.05) is 18.3 Å². The molecule has 1 N–H and O–H groups in total. The predicted octanol–water partition coefficient (Wildman–Crippen LogP) is 2.58. The molecule has 0 aromatic carbocycles. The van der Waals surface area contributed by atoms with Gasteiger partial charge in [0.15, 0.2) is 5.65 Å². The molecule has 2 aromatic heterocycles. The summed E-state index contributed by atoms with van der Waals surface area (Å²) in [5.74, 6) is 0.914. The topological polar surface area (TPSA) is 42.2 Å². The number of aromatic nitrogens is 3. The summed E-state index contributed by atoms with van der Waals surface area (Å²) in [5.41, 5.74) is 1.23. The Morgan fingerprint density at radius 1 is 1.31 bits per heavy atom. The predicted molar refractivity (Wildman–Crippen MR) is 65.5 cm³/mol. The van der Waals surface area contributed by atoms with E-state index in [1.165, 1.54) is 0 Å². The highest BCUT2D eigenvalue weighted by Gasteiger charge is 2.09. The van der Waals surface area contributed by atoms with Gasteiger partial charge in [-0.2, -0.15) is 5.10 Å². The first-order valence-corrected chi connectivity index (χ1v) is 5.59. The summed E-state index contributed by atoms with van der Waals surface area (Å²) in [6.07, 6.45) is 4.79. The van der Waals surface area contributed by atoms with Crippen LogP contribution in [0.1, 0.15) is 27.2 Å². The fourth-order valence-corrected chi connectivity index (χ4v) is 1.48. The number of anilines is 1. The van der Waals surface area contributed by atoms with Crippen LogP contribution in [0, 0.1) is 5.41 Å². The highest BCUT2D eigenvalue weighted by atomic mass is 15.2. The third kappa shape index (κ3) is 2.72. The lowest BCUT2D eigenvalue weighted by molar-refractivity contribution is 0.389. The summed E-state index contributed by atoms with van der Waals surface area (Å²) in [7, 11) is 0. The van der Waals surface area contributed by atoms with Crippen molar-refractivity contribution in [2.24, 2.45) is 5.41 Å². The van der Waals surface area contributed by atoms with Crippen molar-refractivity contribution in [3.8, 4) is 0 Å². The molecule has 4 heteroatoms. The molecule has 0 radical (unpaired) electrons. The molecule has 2 rings (SSSR count). The zero-order valence-electron chi connectivity index (χ0n) is 10.1. The molecule has 16 heavy (non-hydrogen) atoms. The van der Waals surface area contributed by atoms with Gasteiger partial charge in [0.2, 0.25) is 0 Å². The van der Waals surface area contributed by atoms with Crippen LogP contribution in [0.25, 0.3) is 5.65 Å². The third-order valence-corrected chi connectivity index (χ3v) is 2.44. The zero-order valence-corrected chi connectivity index (χ0v) is 10.1. The summed E-state index contributed by atoms with van der Waals surface area (Å²) < 4.78 is 1.76. The van der Waals surface area contributed by atoms with Gasteiger partial charge in [0.25, 0.3) is 0 Å². The molecule has 0 atom stereocenters. The smallest absolute Gasteiger partial charge is 0.157 e. The van der Waals surface area contributed by atoms with Crippen molar-refractivity contribution < 1.29 is 0 Å². The molecule has 4 nitrogen and oxygen atoms in total. The molecule has 0 aliphatic heterocycles. The van der Waals surface area contributed by atoms with Crippen LogP contribution < -0.4 is 5.32 Å². The van der Waals surface area contributed by atoms with Crippen LogP contribution in [-0.2, 0) is 0 Å². The molecule has 0 aliphatic rings. The molecular formula is C12H18N4. The van der Waals surface area contributed by atoms with Gasteiger partial charge >= 0.3 is 0 Å². The average Bonchev–Trinajstić information content (AvgIpc) is 2.62. The second kappa shape index (κ2) is 4.12. The van der Waals surface area contributed by atoms with Gasteiger partial charge < -0.3 is 5.32 Å². The van der Waals surface area contributed by atoms with E-state index in [0.717, 1.165) is 24.4 Å². The first kappa shape index (κ1) is 10.9. The third-order valence-electron chi connectivity index (χ3n) is 2.44. The minimum Gasteiger partial charge on any atom is -0.370 e. The molecule has 2 heterocycles. The molecule has 86 valence electrons. The van der Waals surface area contributed by atoms with E-state index in [9.17, 15) is 0 Å². The fourth-order valence-electron chi connectivity index (χ4n) is 1.48. The van der Waals surface area contributed by atoms with Crippen LogP contribution in [0.4, 0.5) is 5.82 Å². The van der Waals surface area contributed by atoms with E-state index in [2.05, 4.69) is 36.2 Å². The maximum absolute atomic E-state index is 4.44. The number of hydrogen-bond donors (Lipinski definition) is 1. The van der Waals surface area contributed by atoms with E-state index >= 15 is 0 Å². The van der Waals surface area contributed by atoms with Gasteiger partial charge in [-0.3, -0.25) is 0 Å². The second-order valence-corrected chi connectivity index (χ2v) is 5.18. The summed E-state index contributed by atoms with van der Waals surface area (Å²) in [4.78, 5) is 4.44. The van der Waals surface area contributed by atoms with Crippen molar-refractivity contribution >= 4 is 11.5 Å². The Morgan fingerprint density at radius 2 is 2.12 bits per heavy atom.